The average molecular weight is 398 g/mol. The molecule has 4 nitrogen and oxygen atoms in total. The standard InChI is InChI=1S/C20H17B2N4PS/c27-25-17-7-5-15(13-19(17)23-11-3-1-9-21(23)25)16-6-8-18-20(14-16)24-12-4-2-10-22(24)26(18)28/h1-14,28H,27H2. The topological polar surface area (TPSA) is 13.0 Å². The molecule has 0 fully saturated rings. The fourth-order valence-electron chi connectivity index (χ4n) is 4.36. The van der Waals surface area contributed by atoms with Gasteiger partial charge in [0.25, 0.3) is 0 Å². The van der Waals surface area contributed by atoms with E-state index in [4.69, 9.17) is 12.8 Å². The fraction of sp³-hybridized carbons (Fsp3) is 0. The maximum atomic E-state index is 4.71. The summed E-state index contributed by atoms with van der Waals surface area (Å²) in [6.07, 6.45) is 12.6. The summed E-state index contributed by atoms with van der Waals surface area (Å²) in [5, 5.41) is 0. The minimum Gasteiger partial charge on any atom is -0.374 e. The largest absolute Gasteiger partial charge is 0.418 e. The molecule has 0 saturated carbocycles. The van der Waals surface area contributed by atoms with E-state index in [9.17, 15) is 0 Å². The molecule has 0 amide bonds. The molecular formula is C20H17B2N4PS. The molecule has 1 unspecified atom stereocenters. The Morgan fingerprint density at radius 2 is 1.25 bits per heavy atom. The van der Waals surface area contributed by atoms with Crippen molar-refractivity contribution < 1.29 is 0 Å². The van der Waals surface area contributed by atoms with Crippen molar-refractivity contribution in [3.63, 3.8) is 0 Å². The highest BCUT2D eigenvalue weighted by Gasteiger charge is 2.38. The Hall–Kier alpha value is -2.49. The third-order valence-electron chi connectivity index (χ3n) is 5.75. The highest BCUT2D eigenvalue weighted by atomic mass is 32.1. The molecule has 0 N–H and O–H groups in total. The highest BCUT2D eigenvalue weighted by molar-refractivity contribution is 7.84. The molecule has 1 atom stereocenters. The zero-order valence-corrected chi connectivity index (χ0v) is 17.1. The molecule has 28 heavy (non-hydrogen) atoms. The third-order valence-corrected chi connectivity index (χ3v) is 6.79. The second kappa shape index (κ2) is 6.00. The van der Waals surface area contributed by atoms with E-state index in [0.717, 1.165) is 5.69 Å². The Morgan fingerprint density at radius 1 is 0.679 bits per heavy atom. The molecule has 0 bridgehead atoms. The average Bonchev–Trinajstić information content (AvgIpc) is 3.20. The zero-order valence-electron chi connectivity index (χ0n) is 15.1. The van der Waals surface area contributed by atoms with Gasteiger partial charge in [0.2, 0.25) is 0 Å². The van der Waals surface area contributed by atoms with Gasteiger partial charge in [-0.25, -0.2) is 0 Å². The van der Waals surface area contributed by atoms with Crippen molar-refractivity contribution in [2.24, 2.45) is 0 Å². The lowest BCUT2D eigenvalue weighted by atomic mass is 9.74. The molecule has 0 aliphatic carbocycles. The molecule has 2 aromatic carbocycles. The maximum absolute atomic E-state index is 4.71. The van der Waals surface area contributed by atoms with Gasteiger partial charge in [-0.15, -0.1) is 0 Å². The van der Waals surface area contributed by atoms with Gasteiger partial charge in [-0.05, 0) is 59.9 Å². The predicted molar refractivity (Wildman–Crippen MR) is 129 cm³/mol. The lowest BCUT2D eigenvalue weighted by Gasteiger charge is -2.22. The molecule has 4 aliphatic rings. The number of nitrogens with zero attached hydrogens (tertiary/aromatic N) is 4. The molecule has 4 aliphatic heterocycles. The summed E-state index contributed by atoms with van der Waals surface area (Å²) in [6.45, 7) is 0.361. The van der Waals surface area contributed by atoms with Gasteiger partial charge in [0.05, 0.1) is 22.7 Å². The number of allylic oxidation sites excluding steroid dienone is 4. The Balaban J connectivity index is 1.43. The fourth-order valence-corrected chi connectivity index (χ4v) is 5.18. The second-order valence-corrected chi connectivity index (χ2v) is 8.24. The van der Waals surface area contributed by atoms with Crippen LogP contribution in [0.3, 0.4) is 0 Å². The van der Waals surface area contributed by atoms with Crippen LogP contribution in [0.2, 0.25) is 0 Å². The van der Waals surface area contributed by atoms with E-state index in [0.29, 0.717) is 0 Å². The summed E-state index contributed by atoms with van der Waals surface area (Å²) >= 11 is 4.71. The van der Waals surface area contributed by atoms with E-state index in [1.54, 1.807) is 0 Å². The molecular weight excluding hydrogens is 381 g/mol. The van der Waals surface area contributed by atoms with Crippen molar-refractivity contribution in [2.45, 2.75) is 0 Å². The molecule has 0 saturated heterocycles. The van der Waals surface area contributed by atoms with E-state index >= 15 is 0 Å². The van der Waals surface area contributed by atoms with Crippen molar-refractivity contribution in [3.8, 4) is 11.1 Å². The van der Waals surface area contributed by atoms with Crippen molar-refractivity contribution >= 4 is 58.9 Å². The second-order valence-electron chi connectivity index (χ2n) is 7.25. The number of hydrogen-bond donors (Lipinski definition) is 1. The lowest BCUT2D eigenvalue weighted by molar-refractivity contribution is 1.41. The van der Waals surface area contributed by atoms with Crippen LogP contribution < -0.4 is 18.4 Å². The number of rotatable bonds is 1. The van der Waals surface area contributed by atoms with Crippen LogP contribution in [0.25, 0.3) is 11.1 Å². The van der Waals surface area contributed by atoms with Crippen LogP contribution >= 0.6 is 22.2 Å². The number of thiol groups is 1. The quantitative estimate of drug-likeness (QED) is 0.433. The smallest absolute Gasteiger partial charge is 0.374 e. The molecule has 2 aromatic rings. The summed E-state index contributed by atoms with van der Waals surface area (Å²) in [4.78, 5) is 4.57. The molecule has 0 spiro atoms. The Morgan fingerprint density at radius 3 is 1.96 bits per heavy atom. The molecule has 0 radical (unpaired) electrons. The summed E-state index contributed by atoms with van der Waals surface area (Å²) in [5.41, 5.74) is 7.20. The summed E-state index contributed by atoms with van der Waals surface area (Å²) in [7, 11) is 2.85. The number of fused-ring (bicyclic) bond motifs is 6. The van der Waals surface area contributed by atoms with Gasteiger partial charge in [0.1, 0.15) is 0 Å². The minimum absolute atomic E-state index is 0.135. The van der Waals surface area contributed by atoms with Crippen LogP contribution in [0, 0.1) is 0 Å². The first-order valence-corrected chi connectivity index (χ1v) is 10.2. The SMILES string of the molecule is PN1B2C=CC=CN2c2cc(-c3ccc4c(c3)N3C=CC=CB3N4S)ccc21. The Labute approximate surface area is 173 Å². The lowest BCUT2D eigenvalue weighted by Crippen LogP contribution is -2.40. The normalized spacial score (nSPS) is 18.1. The van der Waals surface area contributed by atoms with Crippen LogP contribution in [-0.2, 0) is 0 Å². The van der Waals surface area contributed by atoms with Gasteiger partial charge >= 0.3 is 14.0 Å². The number of anilines is 4. The van der Waals surface area contributed by atoms with Gasteiger partial charge in [0, 0.05) is 0 Å². The molecule has 6 rings (SSSR count). The van der Waals surface area contributed by atoms with Crippen LogP contribution in [0.15, 0.2) is 85.1 Å². The first-order chi connectivity index (χ1) is 13.7. The maximum Gasteiger partial charge on any atom is 0.418 e. The van der Waals surface area contributed by atoms with Crippen molar-refractivity contribution in [2.75, 3.05) is 18.4 Å². The van der Waals surface area contributed by atoms with Crippen molar-refractivity contribution in [1.82, 2.24) is 0 Å². The van der Waals surface area contributed by atoms with Gasteiger partial charge in [0.15, 0.2) is 0 Å². The van der Waals surface area contributed by atoms with Gasteiger partial charge < -0.3 is 18.4 Å². The summed E-state index contributed by atoms with van der Waals surface area (Å²) in [5.74, 6) is 4.37. The Bertz CT molecular complexity index is 1030. The van der Waals surface area contributed by atoms with Crippen LogP contribution in [0.4, 0.5) is 22.7 Å². The Kier molecular flexibility index (Phi) is 3.53. The van der Waals surface area contributed by atoms with Crippen LogP contribution in [0.1, 0.15) is 0 Å². The van der Waals surface area contributed by atoms with E-state index < -0.39 is 0 Å². The van der Waals surface area contributed by atoms with E-state index in [1.807, 2.05) is 4.22 Å². The van der Waals surface area contributed by atoms with E-state index in [1.165, 1.54) is 28.2 Å². The molecule has 4 heterocycles. The molecule has 0 aromatic heterocycles. The molecule has 134 valence electrons. The zero-order chi connectivity index (χ0) is 18.8. The van der Waals surface area contributed by atoms with Gasteiger partial charge in [-0.1, -0.05) is 58.4 Å². The summed E-state index contributed by atoms with van der Waals surface area (Å²) < 4.78 is 4.25. The minimum atomic E-state index is 0.135. The van der Waals surface area contributed by atoms with Crippen LogP contribution in [0.5, 0.6) is 0 Å². The first kappa shape index (κ1) is 16.5. The number of hydrogen-bond acceptors (Lipinski definition) is 5. The van der Waals surface area contributed by atoms with Crippen molar-refractivity contribution in [3.05, 3.63) is 85.1 Å². The first-order valence-electron chi connectivity index (χ1n) is 9.29. The van der Waals surface area contributed by atoms with E-state index in [2.05, 4.69) is 109 Å². The monoisotopic (exact) mass is 398 g/mol. The van der Waals surface area contributed by atoms with Gasteiger partial charge in [-0.2, -0.15) is 0 Å². The third kappa shape index (κ3) is 2.20. The number of benzene rings is 2. The molecule has 8 heteroatoms. The van der Waals surface area contributed by atoms with Crippen molar-refractivity contribution in [1.29, 1.82) is 0 Å². The van der Waals surface area contributed by atoms with Gasteiger partial charge in [-0.3, -0.25) is 0 Å². The highest BCUT2D eigenvalue weighted by Crippen LogP contribution is 2.46. The summed E-state index contributed by atoms with van der Waals surface area (Å²) in [6, 6.07) is 13.3. The van der Waals surface area contributed by atoms with E-state index in [-0.39, 0.29) is 14.0 Å². The van der Waals surface area contributed by atoms with Crippen LogP contribution in [-0.4, -0.2) is 14.0 Å². The predicted octanol–water partition coefficient (Wildman–Crippen LogP) is 4.46.